The van der Waals surface area contributed by atoms with E-state index in [0.29, 0.717) is 19.6 Å². The molecule has 0 radical (unpaired) electrons. The zero-order valence-electron chi connectivity index (χ0n) is 11.1. The Balaban J connectivity index is 2.44. The van der Waals surface area contributed by atoms with Gasteiger partial charge in [-0.05, 0) is 12.8 Å². The van der Waals surface area contributed by atoms with E-state index in [4.69, 9.17) is 10.8 Å². The van der Waals surface area contributed by atoms with Crippen LogP contribution in [0.5, 0.6) is 0 Å². The number of rotatable bonds is 4. The standard InChI is InChI=1S/C12H23N3O3/c1-12(2,8-16)7-14-10(17)9-4-3-5-15(6-9)11(13)18/h9,16H,3-8H2,1-2H3,(H2,13,18)(H,14,17). The molecule has 0 aliphatic carbocycles. The molecule has 1 fully saturated rings. The average Bonchev–Trinajstić information content (AvgIpc) is 2.36. The van der Waals surface area contributed by atoms with E-state index in [9.17, 15) is 9.59 Å². The van der Waals surface area contributed by atoms with Crippen LogP contribution in [0.4, 0.5) is 4.79 Å². The zero-order valence-corrected chi connectivity index (χ0v) is 11.1. The first kappa shape index (κ1) is 14.8. The first-order valence-electron chi connectivity index (χ1n) is 6.29. The highest BCUT2D eigenvalue weighted by Crippen LogP contribution is 2.17. The lowest BCUT2D eigenvalue weighted by molar-refractivity contribution is -0.126. The van der Waals surface area contributed by atoms with Crippen molar-refractivity contribution in [2.75, 3.05) is 26.2 Å². The van der Waals surface area contributed by atoms with Crippen LogP contribution in [-0.4, -0.2) is 48.2 Å². The lowest BCUT2D eigenvalue weighted by Gasteiger charge is -2.31. The van der Waals surface area contributed by atoms with Gasteiger partial charge in [0.2, 0.25) is 5.91 Å². The number of nitrogens with two attached hydrogens (primary N) is 1. The van der Waals surface area contributed by atoms with Crippen molar-refractivity contribution in [2.24, 2.45) is 17.1 Å². The molecule has 1 heterocycles. The van der Waals surface area contributed by atoms with Crippen molar-refractivity contribution in [1.29, 1.82) is 0 Å². The van der Waals surface area contributed by atoms with Gasteiger partial charge in [-0.3, -0.25) is 4.79 Å². The summed E-state index contributed by atoms with van der Waals surface area (Å²) < 4.78 is 0. The average molecular weight is 257 g/mol. The summed E-state index contributed by atoms with van der Waals surface area (Å²) in [5, 5.41) is 11.9. The number of primary amides is 1. The third-order valence-corrected chi connectivity index (χ3v) is 3.27. The fourth-order valence-corrected chi connectivity index (χ4v) is 1.92. The van der Waals surface area contributed by atoms with Gasteiger partial charge in [0.15, 0.2) is 0 Å². The number of carbonyl (C=O) groups is 2. The second-order valence-corrected chi connectivity index (χ2v) is 5.66. The number of likely N-dealkylation sites (tertiary alicyclic amines) is 1. The van der Waals surface area contributed by atoms with Gasteiger partial charge >= 0.3 is 6.03 Å². The number of nitrogens with one attached hydrogen (secondary N) is 1. The number of amides is 3. The van der Waals surface area contributed by atoms with Crippen molar-refractivity contribution >= 4 is 11.9 Å². The molecule has 0 aromatic heterocycles. The molecule has 6 heteroatoms. The maximum absolute atomic E-state index is 12.0. The number of nitrogens with zero attached hydrogens (tertiary/aromatic N) is 1. The molecular formula is C12H23N3O3. The Morgan fingerprint density at radius 2 is 2.17 bits per heavy atom. The van der Waals surface area contributed by atoms with E-state index in [2.05, 4.69) is 5.32 Å². The van der Waals surface area contributed by atoms with E-state index in [-0.39, 0.29) is 23.8 Å². The minimum Gasteiger partial charge on any atom is -0.396 e. The summed E-state index contributed by atoms with van der Waals surface area (Å²) in [5.74, 6) is -0.261. The number of hydrogen-bond donors (Lipinski definition) is 3. The molecule has 104 valence electrons. The van der Waals surface area contributed by atoms with Gasteiger partial charge in [-0.2, -0.15) is 0 Å². The number of hydrogen-bond acceptors (Lipinski definition) is 3. The predicted octanol–water partition coefficient (Wildman–Crippen LogP) is -0.0882. The van der Waals surface area contributed by atoms with Crippen molar-refractivity contribution < 1.29 is 14.7 Å². The van der Waals surface area contributed by atoms with Crippen molar-refractivity contribution in [1.82, 2.24) is 10.2 Å². The molecule has 1 aliphatic heterocycles. The molecule has 1 unspecified atom stereocenters. The molecule has 1 saturated heterocycles. The Hall–Kier alpha value is -1.30. The summed E-state index contributed by atoms with van der Waals surface area (Å²) >= 11 is 0. The Kier molecular flexibility index (Phi) is 4.95. The van der Waals surface area contributed by atoms with Gasteiger partial charge in [0.05, 0.1) is 5.92 Å². The Labute approximate surface area is 108 Å². The van der Waals surface area contributed by atoms with E-state index < -0.39 is 6.03 Å². The number of piperidine rings is 1. The van der Waals surface area contributed by atoms with Crippen LogP contribution in [0, 0.1) is 11.3 Å². The first-order valence-corrected chi connectivity index (χ1v) is 6.29. The van der Waals surface area contributed by atoms with Gasteiger partial charge in [0.1, 0.15) is 0 Å². The third-order valence-electron chi connectivity index (χ3n) is 3.27. The molecule has 18 heavy (non-hydrogen) atoms. The summed E-state index contributed by atoms with van der Waals surface area (Å²) in [6.45, 7) is 5.22. The smallest absolute Gasteiger partial charge is 0.314 e. The van der Waals surface area contributed by atoms with E-state index in [1.807, 2.05) is 13.8 Å². The van der Waals surface area contributed by atoms with Gasteiger partial charge in [-0.15, -0.1) is 0 Å². The summed E-state index contributed by atoms with van der Waals surface area (Å²) in [6.07, 6.45) is 1.57. The van der Waals surface area contributed by atoms with Crippen LogP contribution in [0.1, 0.15) is 26.7 Å². The second-order valence-electron chi connectivity index (χ2n) is 5.66. The Morgan fingerprint density at radius 1 is 1.50 bits per heavy atom. The molecule has 0 spiro atoms. The molecule has 0 aromatic rings. The molecule has 1 aliphatic rings. The van der Waals surface area contributed by atoms with Crippen LogP contribution in [0.2, 0.25) is 0 Å². The van der Waals surface area contributed by atoms with Crippen molar-refractivity contribution in [3.05, 3.63) is 0 Å². The highest BCUT2D eigenvalue weighted by atomic mass is 16.3. The lowest BCUT2D eigenvalue weighted by Crippen LogP contribution is -2.48. The summed E-state index contributed by atoms with van der Waals surface area (Å²) in [7, 11) is 0. The number of carbonyl (C=O) groups excluding carboxylic acids is 2. The summed E-state index contributed by atoms with van der Waals surface area (Å²) in [4.78, 5) is 24.5. The third kappa shape index (κ3) is 4.18. The Bertz CT molecular complexity index is 318. The first-order chi connectivity index (χ1) is 8.35. The van der Waals surface area contributed by atoms with Crippen molar-refractivity contribution in [3.8, 4) is 0 Å². The van der Waals surface area contributed by atoms with E-state index in [0.717, 1.165) is 12.8 Å². The van der Waals surface area contributed by atoms with Gasteiger partial charge in [0, 0.05) is 31.7 Å². The fraction of sp³-hybridized carbons (Fsp3) is 0.833. The van der Waals surface area contributed by atoms with Crippen LogP contribution in [0.25, 0.3) is 0 Å². The predicted molar refractivity (Wildman–Crippen MR) is 67.8 cm³/mol. The largest absolute Gasteiger partial charge is 0.396 e. The van der Waals surface area contributed by atoms with Gasteiger partial charge in [-0.1, -0.05) is 13.8 Å². The SMILES string of the molecule is CC(C)(CO)CNC(=O)C1CCCN(C(N)=O)C1. The monoisotopic (exact) mass is 257 g/mol. The highest BCUT2D eigenvalue weighted by Gasteiger charge is 2.28. The second kappa shape index (κ2) is 6.04. The van der Waals surface area contributed by atoms with Crippen LogP contribution in [0.3, 0.4) is 0 Å². The van der Waals surface area contributed by atoms with Crippen LogP contribution in [0.15, 0.2) is 0 Å². The molecule has 0 aromatic carbocycles. The van der Waals surface area contributed by atoms with E-state index in [1.165, 1.54) is 4.90 Å². The molecule has 0 bridgehead atoms. The minimum atomic E-state index is -0.469. The van der Waals surface area contributed by atoms with Crippen LogP contribution >= 0.6 is 0 Å². The maximum Gasteiger partial charge on any atom is 0.314 e. The number of urea groups is 1. The molecule has 0 saturated carbocycles. The lowest BCUT2D eigenvalue weighted by atomic mass is 9.93. The number of aliphatic hydroxyl groups is 1. The minimum absolute atomic E-state index is 0.0192. The molecule has 1 rings (SSSR count). The van der Waals surface area contributed by atoms with Gasteiger partial charge < -0.3 is 21.1 Å². The van der Waals surface area contributed by atoms with Crippen molar-refractivity contribution in [2.45, 2.75) is 26.7 Å². The normalized spacial score (nSPS) is 20.6. The van der Waals surface area contributed by atoms with Gasteiger partial charge in [-0.25, -0.2) is 4.79 Å². The van der Waals surface area contributed by atoms with Crippen LogP contribution in [-0.2, 0) is 4.79 Å². The van der Waals surface area contributed by atoms with Gasteiger partial charge in [0.25, 0.3) is 0 Å². The van der Waals surface area contributed by atoms with E-state index in [1.54, 1.807) is 0 Å². The molecule has 6 nitrogen and oxygen atoms in total. The summed E-state index contributed by atoms with van der Waals surface area (Å²) in [5.41, 5.74) is 4.89. The van der Waals surface area contributed by atoms with Crippen LogP contribution < -0.4 is 11.1 Å². The highest BCUT2D eigenvalue weighted by molar-refractivity contribution is 5.80. The van der Waals surface area contributed by atoms with E-state index >= 15 is 0 Å². The quantitative estimate of drug-likeness (QED) is 0.657. The topological polar surface area (TPSA) is 95.7 Å². The Morgan fingerprint density at radius 3 is 2.72 bits per heavy atom. The molecule has 4 N–H and O–H groups in total. The molecular weight excluding hydrogens is 234 g/mol. The maximum atomic E-state index is 12.0. The molecule has 1 atom stereocenters. The zero-order chi connectivity index (χ0) is 13.8. The number of aliphatic hydroxyl groups excluding tert-OH is 1. The fourth-order valence-electron chi connectivity index (χ4n) is 1.92. The summed E-state index contributed by atoms with van der Waals surface area (Å²) in [6, 6.07) is -0.469. The molecule has 3 amide bonds. The van der Waals surface area contributed by atoms with Crippen molar-refractivity contribution in [3.63, 3.8) is 0 Å².